The molecular formula is C18H18N2O4. The maximum absolute atomic E-state index is 12.2. The third-order valence-electron chi connectivity index (χ3n) is 3.72. The number of fused-ring (bicyclic) bond motifs is 1. The molecule has 2 aromatic carbocycles. The van der Waals surface area contributed by atoms with Crippen molar-refractivity contribution in [1.82, 2.24) is 0 Å². The molecule has 1 aliphatic heterocycles. The summed E-state index contributed by atoms with van der Waals surface area (Å²) in [6.07, 6.45) is 0.957. The Morgan fingerprint density at radius 2 is 2.04 bits per heavy atom. The van der Waals surface area contributed by atoms with Crippen LogP contribution >= 0.6 is 0 Å². The van der Waals surface area contributed by atoms with E-state index in [0.29, 0.717) is 30.0 Å². The maximum atomic E-state index is 12.2. The molecule has 0 spiro atoms. The number of rotatable bonds is 5. The molecule has 0 aliphatic carbocycles. The van der Waals surface area contributed by atoms with Gasteiger partial charge in [-0.05, 0) is 36.2 Å². The van der Waals surface area contributed by atoms with Crippen molar-refractivity contribution in [3.05, 3.63) is 48.0 Å². The van der Waals surface area contributed by atoms with Crippen LogP contribution in [-0.2, 0) is 16.0 Å². The van der Waals surface area contributed by atoms with Crippen LogP contribution in [0.4, 0.5) is 11.4 Å². The fraction of sp³-hybridized carbons (Fsp3) is 0.222. The number of hydrogen-bond acceptors (Lipinski definition) is 4. The van der Waals surface area contributed by atoms with Crippen LogP contribution in [0.5, 0.6) is 11.5 Å². The highest BCUT2D eigenvalue weighted by Gasteiger charge is 2.19. The molecule has 1 heterocycles. The molecule has 6 heteroatoms. The first-order valence-electron chi connectivity index (χ1n) is 7.64. The van der Waals surface area contributed by atoms with Crippen molar-refractivity contribution in [3.63, 3.8) is 0 Å². The van der Waals surface area contributed by atoms with E-state index >= 15 is 0 Å². The predicted molar refractivity (Wildman–Crippen MR) is 90.5 cm³/mol. The number of nitrogens with one attached hydrogen (secondary N) is 2. The van der Waals surface area contributed by atoms with E-state index < -0.39 is 0 Å². The number of aryl methyl sites for hydroxylation is 1. The van der Waals surface area contributed by atoms with Crippen LogP contribution in [-0.4, -0.2) is 25.5 Å². The van der Waals surface area contributed by atoms with Crippen LogP contribution in [0.15, 0.2) is 42.5 Å². The van der Waals surface area contributed by atoms with E-state index in [0.717, 1.165) is 11.3 Å². The zero-order valence-electron chi connectivity index (χ0n) is 13.3. The molecule has 2 aromatic rings. The number of methoxy groups -OCH3 is 1. The minimum absolute atomic E-state index is 0.0120. The Morgan fingerprint density at radius 1 is 1.25 bits per heavy atom. The molecule has 0 radical (unpaired) electrons. The Morgan fingerprint density at radius 3 is 2.79 bits per heavy atom. The zero-order chi connectivity index (χ0) is 16.9. The van der Waals surface area contributed by atoms with Gasteiger partial charge in [-0.3, -0.25) is 9.59 Å². The molecule has 2 N–H and O–H groups in total. The smallest absolute Gasteiger partial charge is 0.262 e. The lowest BCUT2D eigenvalue weighted by Gasteiger charge is -2.20. The highest BCUT2D eigenvalue weighted by Crippen LogP contribution is 2.34. The topological polar surface area (TPSA) is 76.7 Å². The van der Waals surface area contributed by atoms with Crippen molar-refractivity contribution in [2.75, 3.05) is 24.4 Å². The average Bonchev–Trinajstić information content (AvgIpc) is 2.61. The summed E-state index contributed by atoms with van der Waals surface area (Å²) < 4.78 is 10.4. The fourth-order valence-corrected chi connectivity index (χ4v) is 2.47. The van der Waals surface area contributed by atoms with E-state index in [1.807, 2.05) is 24.3 Å². The van der Waals surface area contributed by atoms with Crippen LogP contribution < -0.4 is 20.1 Å². The molecule has 6 nitrogen and oxygen atoms in total. The summed E-state index contributed by atoms with van der Waals surface area (Å²) in [7, 11) is 1.62. The first-order valence-corrected chi connectivity index (χ1v) is 7.64. The first kappa shape index (κ1) is 15.9. The van der Waals surface area contributed by atoms with Crippen molar-refractivity contribution in [2.45, 2.75) is 12.8 Å². The van der Waals surface area contributed by atoms with Gasteiger partial charge < -0.3 is 20.1 Å². The molecule has 0 atom stereocenters. The Bertz CT molecular complexity index is 756. The molecule has 1 aliphatic rings. The van der Waals surface area contributed by atoms with Gasteiger partial charge >= 0.3 is 0 Å². The standard InChI is InChI=1S/C18H18N2O4/c1-23-13-8-5-12(6-9-13)7-10-16(21)19-14-3-2-4-15-18(14)20-17(22)11-24-15/h2-6,8-9H,7,10-11H2,1H3,(H,19,21)(H,20,22). The average molecular weight is 326 g/mol. The second kappa shape index (κ2) is 7.04. The minimum atomic E-state index is -0.234. The van der Waals surface area contributed by atoms with Gasteiger partial charge in [0.25, 0.3) is 5.91 Å². The van der Waals surface area contributed by atoms with E-state index in [1.165, 1.54) is 0 Å². The van der Waals surface area contributed by atoms with Gasteiger partial charge in [0.2, 0.25) is 5.91 Å². The number of hydrogen-bond donors (Lipinski definition) is 2. The van der Waals surface area contributed by atoms with E-state index in [9.17, 15) is 9.59 Å². The summed E-state index contributed by atoms with van der Waals surface area (Å²) in [6.45, 7) is -0.0120. The molecule has 124 valence electrons. The summed E-state index contributed by atoms with van der Waals surface area (Å²) in [5, 5.41) is 5.55. The molecule has 0 bridgehead atoms. The molecule has 0 unspecified atom stereocenters. The maximum Gasteiger partial charge on any atom is 0.262 e. The van der Waals surface area contributed by atoms with E-state index in [1.54, 1.807) is 25.3 Å². The number of anilines is 2. The van der Waals surface area contributed by atoms with E-state index in [2.05, 4.69) is 10.6 Å². The van der Waals surface area contributed by atoms with E-state index in [4.69, 9.17) is 9.47 Å². The normalized spacial score (nSPS) is 12.6. The van der Waals surface area contributed by atoms with Crippen LogP contribution in [0.25, 0.3) is 0 Å². The predicted octanol–water partition coefficient (Wildman–Crippen LogP) is 2.60. The largest absolute Gasteiger partial charge is 0.497 e. The van der Waals surface area contributed by atoms with Gasteiger partial charge in [0.15, 0.2) is 6.61 Å². The van der Waals surface area contributed by atoms with Crippen LogP contribution in [0.2, 0.25) is 0 Å². The molecule has 24 heavy (non-hydrogen) atoms. The van der Waals surface area contributed by atoms with Crippen molar-refractivity contribution < 1.29 is 19.1 Å². The van der Waals surface area contributed by atoms with Crippen molar-refractivity contribution >= 4 is 23.2 Å². The Balaban J connectivity index is 1.62. The molecule has 0 aromatic heterocycles. The van der Waals surface area contributed by atoms with Gasteiger partial charge in [-0.2, -0.15) is 0 Å². The molecular weight excluding hydrogens is 308 g/mol. The van der Waals surface area contributed by atoms with Gasteiger partial charge in [-0.25, -0.2) is 0 Å². The van der Waals surface area contributed by atoms with Gasteiger partial charge in [0.1, 0.15) is 17.2 Å². The highest BCUT2D eigenvalue weighted by atomic mass is 16.5. The summed E-state index contributed by atoms with van der Waals surface area (Å²) >= 11 is 0. The number of benzene rings is 2. The lowest BCUT2D eigenvalue weighted by atomic mass is 10.1. The molecule has 0 saturated heterocycles. The molecule has 2 amide bonds. The van der Waals surface area contributed by atoms with Crippen molar-refractivity contribution in [2.24, 2.45) is 0 Å². The van der Waals surface area contributed by atoms with Crippen LogP contribution in [0.3, 0.4) is 0 Å². The third kappa shape index (κ3) is 3.65. The number of para-hydroxylation sites is 1. The van der Waals surface area contributed by atoms with Gasteiger partial charge in [0.05, 0.1) is 12.8 Å². The Labute approximate surface area is 139 Å². The van der Waals surface area contributed by atoms with Crippen LogP contribution in [0.1, 0.15) is 12.0 Å². The molecule has 0 fully saturated rings. The molecule has 0 saturated carbocycles. The first-order chi connectivity index (χ1) is 11.7. The second-order valence-corrected chi connectivity index (χ2v) is 5.41. The van der Waals surface area contributed by atoms with Crippen molar-refractivity contribution in [3.8, 4) is 11.5 Å². The number of carbonyl (C=O) groups is 2. The monoisotopic (exact) mass is 326 g/mol. The third-order valence-corrected chi connectivity index (χ3v) is 3.72. The zero-order valence-corrected chi connectivity index (χ0v) is 13.3. The van der Waals surface area contributed by atoms with Gasteiger partial charge in [-0.15, -0.1) is 0 Å². The Kier molecular flexibility index (Phi) is 4.65. The van der Waals surface area contributed by atoms with Crippen LogP contribution in [0, 0.1) is 0 Å². The highest BCUT2D eigenvalue weighted by molar-refractivity contribution is 6.03. The summed E-state index contributed by atoms with van der Waals surface area (Å²) in [4.78, 5) is 23.7. The van der Waals surface area contributed by atoms with E-state index in [-0.39, 0.29) is 18.4 Å². The lowest BCUT2D eigenvalue weighted by molar-refractivity contribution is -0.119. The van der Waals surface area contributed by atoms with Crippen molar-refractivity contribution in [1.29, 1.82) is 0 Å². The minimum Gasteiger partial charge on any atom is -0.497 e. The Hall–Kier alpha value is -3.02. The quantitative estimate of drug-likeness (QED) is 0.885. The molecule has 3 rings (SSSR count). The SMILES string of the molecule is COc1ccc(CCC(=O)Nc2cccc3c2NC(=O)CO3)cc1. The summed E-state index contributed by atoms with van der Waals surface area (Å²) in [6, 6.07) is 12.9. The number of carbonyl (C=O) groups excluding carboxylic acids is 2. The van der Waals surface area contributed by atoms with Gasteiger partial charge in [-0.1, -0.05) is 18.2 Å². The number of ether oxygens (including phenoxy) is 2. The fourth-order valence-electron chi connectivity index (χ4n) is 2.47. The lowest BCUT2D eigenvalue weighted by Crippen LogP contribution is -2.26. The summed E-state index contributed by atoms with van der Waals surface area (Å²) in [5.41, 5.74) is 2.10. The van der Waals surface area contributed by atoms with Gasteiger partial charge in [0, 0.05) is 6.42 Å². The number of amides is 2. The summed E-state index contributed by atoms with van der Waals surface area (Å²) in [5.74, 6) is 0.985. The second-order valence-electron chi connectivity index (χ2n) is 5.41.